The molecule has 0 radical (unpaired) electrons. The quantitative estimate of drug-likeness (QED) is 0.560. The van der Waals surface area contributed by atoms with Gasteiger partial charge in [-0.15, -0.1) is 0 Å². The molecule has 1 heteroatoms. The van der Waals surface area contributed by atoms with Crippen molar-refractivity contribution in [3.63, 3.8) is 0 Å². The summed E-state index contributed by atoms with van der Waals surface area (Å²) < 4.78 is 0. The number of Topliss-reactive ketones (excluding diaryl/α,β-unsaturated/α-hetero) is 1. The van der Waals surface area contributed by atoms with Gasteiger partial charge in [0.15, 0.2) is 5.78 Å². The normalized spacial score (nSPS) is 13.1. The Bertz CT molecular complexity index is 516. The SMILES string of the molecule is C/C=C\C(=C/C=C(C)C(C)=O)c1ccccc1C. The third kappa shape index (κ3) is 3.85. The summed E-state index contributed by atoms with van der Waals surface area (Å²) in [5.74, 6) is 0.107. The fourth-order valence-electron chi connectivity index (χ4n) is 1.64. The Morgan fingerprint density at radius 3 is 2.33 bits per heavy atom. The van der Waals surface area contributed by atoms with Crippen LogP contribution in [0.25, 0.3) is 5.57 Å². The van der Waals surface area contributed by atoms with E-state index >= 15 is 0 Å². The highest BCUT2D eigenvalue weighted by atomic mass is 16.1. The molecule has 0 saturated carbocycles. The van der Waals surface area contributed by atoms with E-state index in [1.165, 1.54) is 11.1 Å². The van der Waals surface area contributed by atoms with Crippen LogP contribution in [0.1, 0.15) is 31.9 Å². The zero-order chi connectivity index (χ0) is 13.5. The fraction of sp³-hybridized carbons (Fsp3) is 0.235. The summed E-state index contributed by atoms with van der Waals surface area (Å²) in [7, 11) is 0. The van der Waals surface area contributed by atoms with Gasteiger partial charge in [0.25, 0.3) is 0 Å². The topological polar surface area (TPSA) is 17.1 Å². The molecule has 0 saturated heterocycles. The maximum atomic E-state index is 11.2. The largest absolute Gasteiger partial charge is 0.295 e. The van der Waals surface area contributed by atoms with Crippen molar-refractivity contribution in [1.82, 2.24) is 0 Å². The highest BCUT2D eigenvalue weighted by molar-refractivity contribution is 5.93. The van der Waals surface area contributed by atoms with Gasteiger partial charge in [-0.2, -0.15) is 0 Å². The van der Waals surface area contributed by atoms with Gasteiger partial charge >= 0.3 is 0 Å². The Hall–Kier alpha value is -1.89. The summed E-state index contributed by atoms with van der Waals surface area (Å²) in [5.41, 5.74) is 4.32. The number of aryl methyl sites for hydroxylation is 1. The molecule has 0 unspecified atom stereocenters. The molecule has 0 N–H and O–H groups in total. The minimum atomic E-state index is 0.107. The van der Waals surface area contributed by atoms with Crippen molar-refractivity contribution in [1.29, 1.82) is 0 Å². The third-order valence-electron chi connectivity index (χ3n) is 2.87. The molecule has 1 nitrogen and oxygen atoms in total. The van der Waals surface area contributed by atoms with Crippen molar-refractivity contribution in [3.05, 3.63) is 65.3 Å². The van der Waals surface area contributed by atoms with Gasteiger partial charge in [-0.3, -0.25) is 4.79 Å². The van der Waals surface area contributed by atoms with Crippen molar-refractivity contribution in [2.24, 2.45) is 0 Å². The van der Waals surface area contributed by atoms with Crippen molar-refractivity contribution in [2.75, 3.05) is 0 Å². The third-order valence-corrected chi connectivity index (χ3v) is 2.87. The molecule has 18 heavy (non-hydrogen) atoms. The molecule has 1 aromatic carbocycles. The summed E-state index contributed by atoms with van der Waals surface area (Å²) in [4.78, 5) is 11.2. The second-order valence-corrected chi connectivity index (χ2v) is 4.34. The average Bonchev–Trinajstić information content (AvgIpc) is 2.35. The summed E-state index contributed by atoms with van der Waals surface area (Å²) in [6.07, 6.45) is 7.95. The molecule has 0 aliphatic rings. The van der Waals surface area contributed by atoms with E-state index in [2.05, 4.69) is 25.1 Å². The van der Waals surface area contributed by atoms with E-state index in [4.69, 9.17) is 0 Å². The van der Waals surface area contributed by atoms with Crippen molar-refractivity contribution in [3.8, 4) is 0 Å². The first kappa shape index (κ1) is 14.2. The Morgan fingerprint density at radius 2 is 1.78 bits per heavy atom. The van der Waals surface area contributed by atoms with Crippen LogP contribution in [0.3, 0.4) is 0 Å². The number of benzene rings is 1. The van der Waals surface area contributed by atoms with Gasteiger partial charge in [0.05, 0.1) is 0 Å². The number of hydrogen-bond donors (Lipinski definition) is 0. The van der Waals surface area contributed by atoms with Crippen LogP contribution in [0.15, 0.2) is 54.1 Å². The molecule has 0 fully saturated rings. The lowest BCUT2D eigenvalue weighted by Gasteiger charge is -2.06. The lowest BCUT2D eigenvalue weighted by Crippen LogP contribution is -1.90. The molecule has 1 rings (SSSR count). The van der Waals surface area contributed by atoms with Crippen molar-refractivity contribution >= 4 is 11.4 Å². The number of carbonyl (C=O) groups excluding carboxylic acids is 1. The molecule has 0 heterocycles. The van der Waals surface area contributed by atoms with Crippen LogP contribution in [-0.4, -0.2) is 5.78 Å². The zero-order valence-electron chi connectivity index (χ0n) is 11.5. The fourth-order valence-corrected chi connectivity index (χ4v) is 1.64. The number of ketones is 1. The van der Waals surface area contributed by atoms with E-state index in [9.17, 15) is 4.79 Å². The molecule has 0 spiro atoms. The van der Waals surface area contributed by atoms with Crippen molar-refractivity contribution < 1.29 is 4.79 Å². The van der Waals surface area contributed by atoms with Crippen LogP contribution in [0, 0.1) is 6.92 Å². The molecule has 0 bridgehead atoms. The van der Waals surface area contributed by atoms with E-state index in [0.29, 0.717) is 0 Å². The van der Waals surface area contributed by atoms with Gasteiger partial charge in [-0.1, -0.05) is 48.6 Å². The van der Waals surface area contributed by atoms with E-state index in [0.717, 1.165) is 11.1 Å². The number of carbonyl (C=O) groups is 1. The first-order chi connectivity index (χ1) is 8.56. The Labute approximate surface area is 110 Å². The predicted octanol–water partition coefficient (Wildman–Crippen LogP) is 4.49. The highest BCUT2D eigenvalue weighted by Crippen LogP contribution is 2.20. The number of hydrogen-bond acceptors (Lipinski definition) is 1. The lowest BCUT2D eigenvalue weighted by atomic mass is 9.99. The van der Waals surface area contributed by atoms with Gasteiger partial charge in [0, 0.05) is 0 Å². The second kappa shape index (κ2) is 6.75. The molecule has 0 atom stereocenters. The van der Waals surface area contributed by atoms with Crippen LogP contribution in [-0.2, 0) is 4.79 Å². The Kier molecular flexibility index (Phi) is 5.31. The molecule has 0 aromatic heterocycles. The minimum absolute atomic E-state index is 0.107. The van der Waals surface area contributed by atoms with Gasteiger partial charge in [0.2, 0.25) is 0 Å². The highest BCUT2D eigenvalue weighted by Gasteiger charge is 2.00. The van der Waals surface area contributed by atoms with Crippen LogP contribution in [0.5, 0.6) is 0 Å². The van der Waals surface area contributed by atoms with E-state index < -0.39 is 0 Å². The standard InChI is InChI=1S/C17H20O/c1-5-8-16(12-11-13(2)15(4)18)17-10-7-6-9-14(17)3/h5-12H,1-4H3/b8-5-,13-11?,16-12+. The molecule has 0 aliphatic heterocycles. The average molecular weight is 240 g/mol. The van der Waals surface area contributed by atoms with Crippen LogP contribution >= 0.6 is 0 Å². The minimum Gasteiger partial charge on any atom is -0.295 e. The van der Waals surface area contributed by atoms with Gasteiger partial charge in [-0.25, -0.2) is 0 Å². The van der Waals surface area contributed by atoms with E-state index in [1.54, 1.807) is 6.92 Å². The van der Waals surface area contributed by atoms with Crippen LogP contribution in [0.2, 0.25) is 0 Å². The molecule has 0 aliphatic carbocycles. The first-order valence-corrected chi connectivity index (χ1v) is 6.14. The predicted molar refractivity (Wildman–Crippen MR) is 78.4 cm³/mol. The van der Waals surface area contributed by atoms with Crippen LogP contribution in [0.4, 0.5) is 0 Å². The Balaban J connectivity index is 3.20. The summed E-state index contributed by atoms with van der Waals surface area (Å²) in [6, 6.07) is 8.25. The number of rotatable bonds is 4. The molecule has 1 aromatic rings. The second-order valence-electron chi connectivity index (χ2n) is 4.34. The molecule has 0 amide bonds. The molecular formula is C17H20O. The van der Waals surface area contributed by atoms with E-state index in [1.807, 2.05) is 44.2 Å². The lowest BCUT2D eigenvalue weighted by molar-refractivity contribution is -0.113. The van der Waals surface area contributed by atoms with E-state index in [-0.39, 0.29) is 5.78 Å². The van der Waals surface area contributed by atoms with Gasteiger partial charge < -0.3 is 0 Å². The smallest absolute Gasteiger partial charge is 0.155 e. The van der Waals surface area contributed by atoms with Crippen LogP contribution < -0.4 is 0 Å². The first-order valence-electron chi connectivity index (χ1n) is 6.14. The monoisotopic (exact) mass is 240 g/mol. The maximum Gasteiger partial charge on any atom is 0.155 e. The van der Waals surface area contributed by atoms with Crippen molar-refractivity contribution in [2.45, 2.75) is 27.7 Å². The summed E-state index contributed by atoms with van der Waals surface area (Å²) in [6.45, 7) is 7.51. The Morgan fingerprint density at radius 1 is 1.11 bits per heavy atom. The van der Waals surface area contributed by atoms with Gasteiger partial charge in [0.1, 0.15) is 0 Å². The van der Waals surface area contributed by atoms with Gasteiger partial charge in [-0.05, 0) is 50.0 Å². The zero-order valence-corrected chi connectivity index (χ0v) is 11.5. The number of allylic oxidation sites excluding steroid dienone is 6. The maximum absolute atomic E-state index is 11.2. The molecular weight excluding hydrogens is 220 g/mol. The summed E-state index contributed by atoms with van der Waals surface area (Å²) >= 11 is 0. The summed E-state index contributed by atoms with van der Waals surface area (Å²) in [5, 5.41) is 0. The molecule has 94 valence electrons.